The Morgan fingerprint density at radius 3 is 2.61 bits per heavy atom. The van der Waals surface area contributed by atoms with Gasteiger partial charge in [-0.05, 0) is 73.4 Å². The molecular weight excluding hydrogens is 348 g/mol. The number of hydrogen-bond donors (Lipinski definition) is 1. The van der Waals surface area contributed by atoms with Gasteiger partial charge in [0.1, 0.15) is 0 Å². The summed E-state index contributed by atoms with van der Waals surface area (Å²) >= 11 is 0. The van der Waals surface area contributed by atoms with Crippen LogP contribution in [-0.2, 0) is 17.6 Å². The smallest absolute Gasteiger partial charge is 0.251 e. The van der Waals surface area contributed by atoms with E-state index in [2.05, 4.69) is 30.4 Å². The van der Waals surface area contributed by atoms with E-state index < -0.39 is 0 Å². The van der Waals surface area contributed by atoms with Gasteiger partial charge in [0, 0.05) is 24.2 Å². The molecule has 4 heteroatoms. The van der Waals surface area contributed by atoms with E-state index >= 15 is 0 Å². The Labute approximate surface area is 166 Å². The molecule has 1 aliphatic carbocycles. The van der Waals surface area contributed by atoms with E-state index in [1.54, 1.807) is 4.90 Å². The number of rotatable bonds is 5. The number of amides is 2. The molecule has 1 heterocycles. The van der Waals surface area contributed by atoms with Crippen molar-refractivity contribution in [1.29, 1.82) is 0 Å². The lowest BCUT2D eigenvalue weighted by Gasteiger charge is -2.22. The zero-order chi connectivity index (χ0) is 19.5. The van der Waals surface area contributed by atoms with Crippen LogP contribution in [0.25, 0.3) is 0 Å². The third-order valence-electron chi connectivity index (χ3n) is 5.98. The summed E-state index contributed by atoms with van der Waals surface area (Å²) in [6.07, 6.45) is 7.14. The Bertz CT molecular complexity index is 890. The first-order chi connectivity index (χ1) is 13.7. The topological polar surface area (TPSA) is 49.4 Å². The van der Waals surface area contributed by atoms with Crippen molar-refractivity contribution in [3.63, 3.8) is 0 Å². The maximum absolute atomic E-state index is 12.9. The van der Waals surface area contributed by atoms with Crippen molar-refractivity contribution in [2.75, 3.05) is 11.4 Å². The molecule has 0 radical (unpaired) electrons. The van der Waals surface area contributed by atoms with Gasteiger partial charge in [-0.2, -0.15) is 0 Å². The Morgan fingerprint density at radius 2 is 1.86 bits per heavy atom. The summed E-state index contributed by atoms with van der Waals surface area (Å²) in [6, 6.07) is 14.1. The molecule has 146 valence electrons. The molecule has 4 nitrogen and oxygen atoms in total. The Balaban J connectivity index is 1.51. The first-order valence-corrected chi connectivity index (χ1v) is 10.5. The number of nitrogens with zero attached hydrogens (tertiary/aromatic N) is 1. The highest BCUT2D eigenvalue weighted by Gasteiger charge is 2.23. The molecule has 2 aromatic rings. The summed E-state index contributed by atoms with van der Waals surface area (Å²) in [6.45, 7) is 2.83. The van der Waals surface area contributed by atoms with Gasteiger partial charge in [0.15, 0.2) is 0 Å². The van der Waals surface area contributed by atoms with E-state index in [1.165, 1.54) is 36.0 Å². The van der Waals surface area contributed by atoms with E-state index in [1.807, 2.05) is 24.3 Å². The fourth-order valence-corrected chi connectivity index (χ4v) is 4.37. The fourth-order valence-electron chi connectivity index (χ4n) is 4.37. The Morgan fingerprint density at radius 1 is 1.04 bits per heavy atom. The summed E-state index contributed by atoms with van der Waals surface area (Å²) in [7, 11) is 0. The lowest BCUT2D eigenvalue weighted by Crippen LogP contribution is -2.29. The highest BCUT2D eigenvalue weighted by atomic mass is 16.2. The molecule has 1 atom stereocenters. The number of carbonyl (C=O) groups excluding carboxylic acids is 2. The van der Waals surface area contributed by atoms with Gasteiger partial charge in [-0.1, -0.05) is 31.2 Å². The van der Waals surface area contributed by atoms with E-state index in [-0.39, 0.29) is 17.9 Å². The molecule has 1 saturated heterocycles. The molecule has 0 saturated carbocycles. The number of nitrogens with one attached hydrogen (secondary N) is 1. The highest BCUT2D eigenvalue weighted by Crippen LogP contribution is 2.27. The average molecular weight is 377 g/mol. The van der Waals surface area contributed by atoms with E-state index in [4.69, 9.17) is 0 Å². The Kier molecular flexibility index (Phi) is 5.47. The zero-order valence-electron chi connectivity index (χ0n) is 16.5. The molecule has 1 N–H and O–H groups in total. The number of benzene rings is 2. The SMILES string of the molecule is CC[C@H](NC(=O)c1cccc(N2CCCC2=O)c1)c1ccc2c(c1)CCCC2. The Hall–Kier alpha value is -2.62. The maximum atomic E-state index is 12.9. The van der Waals surface area contributed by atoms with Crippen LogP contribution >= 0.6 is 0 Å². The van der Waals surface area contributed by atoms with Gasteiger partial charge in [-0.3, -0.25) is 9.59 Å². The third kappa shape index (κ3) is 3.82. The van der Waals surface area contributed by atoms with Gasteiger partial charge < -0.3 is 10.2 Å². The molecule has 1 fully saturated rings. The second-order valence-electron chi connectivity index (χ2n) is 7.87. The third-order valence-corrected chi connectivity index (χ3v) is 5.98. The zero-order valence-corrected chi connectivity index (χ0v) is 16.5. The van der Waals surface area contributed by atoms with Crippen molar-refractivity contribution in [3.8, 4) is 0 Å². The van der Waals surface area contributed by atoms with Gasteiger partial charge >= 0.3 is 0 Å². The predicted octanol–water partition coefficient (Wildman–Crippen LogP) is 4.57. The molecule has 1 aliphatic heterocycles. The van der Waals surface area contributed by atoms with E-state index in [9.17, 15) is 9.59 Å². The minimum absolute atomic E-state index is 0.00296. The van der Waals surface area contributed by atoms with Crippen LogP contribution in [-0.4, -0.2) is 18.4 Å². The van der Waals surface area contributed by atoms with E-state index in [0.29, 0.717) is 12.0 Å². The van der Waals surface area contributed by atoms with Crippen LogP contribution in [0.15, 0.2) is 42.5 Å². The van der Waals surface area contributed by atoms with Crippen LogP contribution in [0.5, 0.6) is 0 Å². The minimum Gasteiger partial charge on any atom is -0.345 e. The molecule has 28 heavy (non-hydrogen) atoms. The molecule has 0 bridgehead atoms. The summed E-state index contributed by atoms with van der Waals surface area (Å²) in [5, 5.41) is 3.19. The first-order valence-electron chi connectivity index (χ1n) is 10.5. The number of aryl methyl sites for hydroxylation is 2. The highest BCUT2D eigenvalue weighted by molar-refractivity contribution is 5.99. The van der Waals surface area contributed by atoms with Crippen LogP contribution in [0.1, 0.15) is 72.1 Å². The summed E-state index contributed by atoms with van der Waals surface area (Å²) < 4.78 is 0. The van der Waals surface area contributed by atoms with Gasteiger partial charge in [0.2, 0.25) is 5.91 Å². The number of carbonyl (C=O) groups is 2. The lowest BCUT2D eigenvalue weighted by molar-refractivity contribution is -0.117. The van der Waals surface area contributed by atoms with Crippen LogP contribution in [0.4, 0.5) is 5.69 Å². The number of anilines is 1. The lowest BCUT2D eigenvalue weighted by atomic mass is 9.88. The van der Waals surface area contributed by atoms with Gasteiger partial charge in [-0.15, -0.1) is 0 Å². The largest absolute Gasteiger partial charge is 0.345 e. The van der Waals surface area contributed by atoms with Gasteiger partial charge in [-0.25, -0.2) is 0 Å². The second kappa shape index (κ2) is 8.17. The first kappa shape index (κ1) is 18.7. The van der Waals surface area contributed by atoms with Gasteiger partial charge in [0.25, 0.3) is 5.91 Å². The van der Waals surface area contributed by atoms with Crippen molar-refractivity contribution in [3.05, 3.63) is 64.7 Å². The molecule has 2 aromatic carbocycles. The van der Waals surface area contributed by atoms with Crippen molar-refractivity contribution < 1.29 is 9.59 Å². The number of fused-ring (bicyclic) bond motifs is 1. The summed E-state index contributed by atoms with van der Waals surface area (Å²) in [5.41, 5.74) is 5.50. The van der Waals surface area contributed by atoms with Crippen LogP contribution in [0.3, 0.4) is 0 Å². The van der Waals surface area contributed by atoms with Crippen molar-refractivity contribution in [2.24, 2.45) is 0 Å². The average Bonchev–Trinajstić information content (AvgIpc) is 3.17. The van der Waals surface area contributed by atoms with Crippen molar-refractivity contribution in [1.82, 2.24) is 5.32 Å². The molecule has 0 aromatic heterocycles. The fraction of sp³-hybridized carbons (Fsp3) is 0.417. The molecule has 2 amide bonds. The van der Waals surface area contributed by atoms with Gasteiger partial charge in [0.05, 0.1) is 6.04 Å². The second-order valence-corrected chi connectivity index (χ2v) is 7.87. The number of hydrogen-bond acceptors (Lipinski definition) is 2. The van der Waals surface area contributed by atoms with Crippen LogP contribution in [0.2, 0.25) is 0 Å². The summed E-state index contributed by atoms with van der Waals surface area (Å²) in [5.74, 6) is 0.0520. The normalized spacial score (nSPS) is 17.3. The quantitative estimate of drug-likeness (QED) is 0.831. The molecule has 0 spiro atoms. The van der Waals surface area contributed by atoms with Crippen LogP contribution in [0, 0.1) is 0 Å². The molecule has 4 rings (SSSR count). The van der Waals surface area contributed by atoms with Crippen LogP contribution < -0.4 is 10.2 Å². The molecule has 0 unspecified atom stereocenters. The van der Waals surface area contributed by atoms with Crippen molar-refractivity contribution in [2.45, 2.75) is 57.9 Å². The molecule has 2 aliphatic rings. The maximum Gasteiger partial charge on any atom is 0.251 e. The molecular formula is C24H28N2O2. The summed E-state index contributed by atoms with van der Waals surface area (Å²) in [4.78, 5) is 26.7. The monoisotopic (exact) mass is 376 g/mol. The van der Waals surface area contributed by atoms with E-state index in [0.717, 1.165) is 31.5 Å². The standard InChI is InChI=1S/C24H28N2O2/c1-2-22(19-13-12-17-7-3-4-8-18(17)15-19)25-24(28)20-9-5-10-21(16-20)26-14-6-11-23(26)27/h5,9-10,12-13,15-16,22H,2-4,6-8,11,14H2,1H3,(H,25,28)/t22-/m0/s1. The van der Waals surface area contributed by atoms with Crippen molar-refractivity contribution >= 4 is 17.5 Å². The minimum atomic E-state index is -0.0851. The predicted molar refractivity (Wildman–Crippen MR) is 112 cm³/mol.